The molecule has 0 spiro atoms. The number of rotatable bonds is 3. The van der Waals surface area contributed by atoms with Gasteiger partial charge in [-0.25, -0.2) is 5.43 Å². The second kappa shape index (κ2) is 5.41. The number of benzene rings is 1. The van der Waals surface area contributed by atoms with E-state index >= 15 is 0 Å². The minimum atomic E-state index is -0.177. The van der Waals surface area contributed by atoms with Crippen LogP contribution in [0.3, 0.4) is 0 Å². The number of hydrogen-bond donors (Lipinski definition) is 1. The van der Waals surface area contributed by atoms with Crippen molar-refractivity contribution in [2.24, 2.45) is 5.10 Å². The minimum absolute atomic E-state index is 0.177. The zero-order valence-electron chi connectivity index (χ0n) is 9.38. The van der Waals surface area contributed by atoms with Gasteiger partial charge in [0.2, 0.25) is 0 Å². The third-order valence-electron chi connectivity index (χ3n) is 2.20. The van der Waals surface area contributed by atoms with Crippen LogP contribution in [0.25, 0.3) is 0 Å². The first-order valence-electron chi connectivity index (χ1n) is 5.19. The molecule has 1 N–H and O–H groups in total. The van der Waals surface area contributed by atoms with Gasteiger partial charge >= 0.3 is 0 Å². The Morgan fingerprint density at radius 2 is 2.06 bits per heavy atom. The molecule has 0 fully saturated rings. The smallest absolute Gasteiger partial charge is 0.266 e. The van der Waals surface area contributed by atoms with Crippen molar-refractivity contribution in [3.05, 3.63) is 57.8 Å². The Hall–Kier alpha value is -1.94. The summed E-state index contributed by atoms with van der Waals surface area (Å²) in [6.45, 7) is 2.03. The van der Waals surface area contributed by atoms with E-state index in [4.69, 9.17) is 0 Å². The van der Waals surface area contributed by atoms with E-state index in [2.05, 4.69) is 10.5 Å². The standard InChI is InChI=1S/C13H12N2OS/c1-10-4-6-11(7-5-10)9-14-15-13(16)12-3-2-8-17-12/h2-9H,1H3,(H,15,16)/b14-9+. The van der Waals surface area contributed by atoms with Crippen LogP contribution in [0.5, 0.6) is 0 Å². The van der Waals surface area contributed by atoms with Crippen LogP contribution >= 0.6 is 11.3 Å². The first-order valence-corrected chi connectivity index (χ1v) is 6.07. The molecule has 0 atom stereocenters. The van der Waals surface area contributed by atoms with E-state index in [0.29, 0.717) is 4.88 Å². The number of aryl methyl sites for hydroxylation is 1. The minimum Gasteiger partial charge on any atom is -0.266 e. The Morgan fingerprint density at radius 1 is 1.29 bits per heavy atom. The van der Waals surface area contributed by atoms with Crippen LogP contribution in [-0.2, 0) is 0 Å². The van der Waals surface area contributed by atoms with Crippen molar-refractivity contribution in [3.8, 4) is 0 Å². The normalized spacial score (nSPS) is 10.6. The van der Waals surface area contributed by atoms with E-state index in [1.807, 2.05) is 42.6 Å². The molecule has 1 amide bonds. The maximum atomic E-state index is 11.5. The van der Waals surface area contributed by atoms with Crippen LogP contribution in [0.1, 0.15) is 20.8 Å². The van der Waals surface area contributed by atoms with Crippen LogP contribution in [0.15, 0.2) is 46.9 Å². The molecule has 0 saturated carbocycles. The van der Waals surface area contributed by atoms with E-state index in [1.165, 1.54) is 16.9 Å². The lowest BCUT2D eigenvalue weighted by molar-refractivity contribution is 0.0959. The first-order chi connectivity index (χ1) is 8.25. The highest BCUT2D eigenvalue weighted by molar-refractivity contribution is 7.12. The number of nitrogens with zero attached hydrogens (tertiary/aromatic N) is 1. The monoisotopic (exact) mass is 244 g/mol. The lowest BCUT2D eigenvalue weighted by Gasteiger charge is -1.96. The molecule has 3 nitrogen and oxygen atoms in total. The van der Waals surface area contributed by atoms with Gasteiger partial charge in [0.05, 0.1) is 11.1 Å². The van der Waals surface area contributed by atoms with Gasteiger partial charge in [0.25, 0.3) is 5.91 Å². The van der Waals surface area contributed by atoms with Crippen molar-refractivity contribution in [3.63, 3.8) is 0 Å². The van der Waals surface area contributed by atoms with Crippen molar-refractivity contribution in [2.75, 3.05) is 0 Å². The molecule has 0 aliphatic rings. The number of amides is 1. The third kappa shape index (κ3) is 3.26. The molecule has 0 unspecified atom stereocenters. The highest BCUT2D eigenvalue weighted by Crippen LogP contribution is 2.07. The molecule has 0 bridgehead atoms. The Balaban J connectivity index is 1.94. The number of nitrogens with one attached hydrogen (secondary N) is 1. The van der Waals surface area contributed by atoms with Crippen LogP contribution in [0, 0.1) is 6.92 Å². The highest BCUT2D eigenvalue weighted by atomic mass is 32.1. The lowest BCUT2D eigenvalue weighted by atomic mass is 10.2. The second-order valence-corrected chi connectivity index (χ2v) is 4.53. The Bertz CT molecular complexity index is 515. The summed E-state index contributed by atoms with van der Waals surface area (Å²) in [5.74, 6) is -0.177. The van der Waals surface area contributed by atoms with Gasteiger partial charge in [0.1, 0.15) is 0 Å². The number of thiophene rings is 1. The van der Waals surface area contributed by atoms with Gasteiger partial charge in [-0.1, -0.05) is 35.9 Å². The molecule has 0 aliphatic heterocycles. The van der Waals surface area contributed by atoms with Gasteiger partial charge in [0, 0.05) is 0 Å². The topological polar surface area (TPSA) is 41.5 Å². The molecular weight excluding hydrogens is 232 g/mol. The maximum absolute atomic E-state index is 11.5. The van der Waals surface area contributed by atoms with E-state index in [0.717, 1.165) is 5.56 Å². The fourth-order valence-corrected chi connectivity index (χ4v) is 1.89. The Labute approximate surface area is 104 Å². The molecule has 86 valence electrons. The molecule has 17 heavy (non-hydrogen) atoms. The zero-order chi connectivity index (χ0) is 12.1. The fraction of sp³-hybridized carbons (Fsp3) is 0.0769. The fourth-order valence-electron chi connectivity index (χ4n) is 1.28. The predicted octanol–water partition coefficient (Wildman–Crippen LogP) is 2.82. The Kier molecular flexibility index (Phi) is 3.67. The molecule has 0 saturated heterocycles. The molecule has 0 radical (unpaired) electrons. The summed E-state index contributed by atoms with van der Waals surface area (Å²) in [7, 11) is 0. The molecular formula is C13H12N2OS. The van der Waals surface area contributed by atoms with E-state index in [-0.39, 0.29) is 5.91 Å². The summed E-state index contributed by atoms with van der Waals surface area (Å²) in [5.41, 5.74) is 4.65. The van der Waals surface area contributed by atoms with Crippen LogP contribution in [0.4, 0.5) is 0 Å². The predicted molar refractivity (Wildman–Crippen MR) is 70.6 cm³/mol. The van der Waals surface area contributed by atoms with Crippen molar-refractivity contribution >= 4 is 23.5 Å². The van der Waals surface area contributed by atoms with Gasteiger partial charge < -0.3 is 0 Å². The number of carbonyl (C=O) groups excluding carboxylic acids is 1. The molecule has 2 rings (SSSR count). The van der Waals surface area contributed by atoms with E-state index in [9.17, 15) is 4.79 Å². The molecule has 2 aromatic rings. The number of hydrogen-bond acceptors (Lipinski definition) is 3. The van der Waals surface area contributed by atoms with Gasteiger partial charge in [0.15, 0.2) is 0 Å². The average molecular weight is 244 g/mol. The molecule has 4 heteroatoms. The summed E-state index contributed by atoms with van der Waals surface area (Å²) in [6.07, 6.45) is 1.63. The Morgan fingerprint density at radius 3 is 2.71 bits per heavy atom. The van der Waals surface area contributed by atoms with Crippen LogP contribution < -0.4 is 5.43 Å². The van der Waals surface area contributed by atoms with Crippen LogP contribution in [0.2, 0.25) is 0 Å². The van der Waals surface area contributed by atoms with Gasteiger partial charge in [-0.2, -0.15) is 5.10 Å². The maximum Gasteiger partial charge on any atom is 0.281 e. The number of carbonyl (C=O) groups is 1. The SMILES string of the molecule is Cc1ccc(/C=N/NC(=O)c2cccs2)cc1. The van der Waals surface area contributed by atoms with Gasteiger partial charge in [-0.05, 0) is 23.9 Å². The largest absolute Gasteiger partial charge is 0.281 e. The first kappa shape index (κ1) is 11.5. The van der Waals surface area contributed by atoms with Gasteiger partial charge in [-0.15, -0.1) is 11.3 Å². The highest BCUT2D eigenvalue weighted by Gasteiger charge is 2.03. The molecule has 1 aromatic heterocycles. The third-order valence-corrected chi connectivity index (χ3v) is 3.07. The zero-order valence-corrected chi connectivity index (χ0v) is 10.2. The van der Waals surface area contributed by atoms with E-state index < -0.39 is 0 Å². The second-order valence-electron chi connectivity index (χ2n) is 3.59. The lowest BCUT2D eigenvalue weighted by Crippen LogP contribution is -2.16. The quantitative estimate of drug-likeness (QED) is 0.654. The van der Waals surface area contributed by atoms with Crippen molar-refractivity contribution in [1.82, 2.24) is 5.43 Å². The van der Waals surface area contributed by atoms with Crippen molar-refractivity contribution in [2.45, 2.75) is 6.92 Å². The average Bonchev–Trinajstić information content (AvgIpc) is 2.85. The summed E-state index contributed by atoms with van der Waals surface area (Å²) >= 11 is 1.39. The van der Waals surface area contributed by atoms with Crippen molar-refractivity contribution < 1.29 is 4.79 Å². The van der Waals surface area contributed by atoms with Crippen molar-refractivity contribution in [1.29, 1.82) is 0 Å². The summed E-state index contributed by atoms with van der Waals surface area (Å²) in [5, 5.41) is 5.77. The summed E-state index contributed by atoms with van der Waals surface area (Å²) < 4.78 is 0. The number of hydrazone groups is 1. The van der Waals surface area contributed by atoms with Crippen LogP contribution in [-0.4, -0.2) is 12.1 Å². The van der Waals surface area contributed by atoms with Gasteiger partial charge in [-0.3, -0.25) is 4.79 Å². The molecule has 0 aliphatic carbocycles. The molecule has 1 aromatic carbocycles. The molecule has 1 heterocycles. The van der Waals surface area contributed by atoms with E-state index in [1.54, 1.807) is 12.3 Å². The summed E-state index contributed by atoms with van der Waals surface area (Å²) in [4.78, 5) is 12.2. The summed E-state index contributed by atoms with van der Waals surface area (Å²) in [6, 6.07) is 11.5.